The number of nitrogens with one attached hydrogen (secondary N) is 1. The molecule has 1 aliphatic carbocycles. The Labute approximate surface area is 181 Å². The van der Waals surface area contributed by atoms with Crippen LogP contribution in [0.1, 0.15) is 45.4 Å². The average Bonchev–Trinajstić information content (AvgIpc) is 3.04. The smallest absolute Gasteiger partial charge is 0.262 e. The van der Waals surface area contributed by atoms with Gasteiger partial charge in [0.05, 0.1) is 24.1 Å². The third-order valence-electron chi connectivity index (χ3n) is 6.40. The molecule has 0 aromatic heterocycles. The number of nitrogens with zero attached hydrogens (tertiary/aromatic N) is 2. The van der Waals surface area contributed by atoms with Crippen LogP contribution in [0.15, 0.2) is 24.3 Å². The molecule has 1 aromatic carbocycles. The van der Waals surface area contributed by atoms with Gasteiger partial charge in [0.2, 0.25) is 17.7 Å². The quantitative estimate of drug-likeness (QED) is 0.700. The summed E-state index contributed by atoms with van der Waals surface area (Å²) < 4.78 is 5.82. The molecule has 0 radical (unpaired) electrons. The van der Waals surface area contributed by atoms with E-state index in [0.29, 0.717) is 18.0 Å². The zero-order valence-electron chi connectivity index (χ0n) is 17.8. The van der Waals surface area contributed by atoms with Crippen molar-refractivity contribution in [1.29, 1.82) is 0 Å². The molecular formula is C23H29N3O5. The number of fused-ring (bicyclic) bond motifs is 2. The van der Waals surface area contributed by atoms with E-state index >= 15 is 0 Å². The van der Waals surface area contributed by atoms with Gasteiger partial charge in [-0.05, 0) is 31.4 Å². The summed E-state index contributed by atoms with van der Waals surface area (Å²) >= 11 is 0. The second-order valence-corrected chi connectivity index (χ2v) is 8.45. The Morgan fingerprint density at radius 1 is 1.10 bits per heavy atom. The standard InChI is InChI=1S/C23H29N3O5/c1-2-12-24-21(28)19-14-26(17-9-5-6-10-18(17)31-19)20(27)11-13-25-22(29)15-7-3-4-8-16(15)23(25)30/h5-6,9-10,15-16,19H,2-4,7-8,11-14H2,1H3,(H,24,28)/t15-,16+,19-/m0/s1. The van der Waals surface area contributed by atoms with Crippen molar-refractivity contribution in [3.05, 3.63) is 24.3 Å². The van der Waals surface area contributed by atoms with E-state index in [-0.39, 0.29) is 55.0 Å². The highest BCUT2D eigenvalue weighted by molar-refractivity contribution is 6.06. The summed E-state index contributed by atoms with van der Waals surface area (Å²) in [5, 5.41) is 2.81. The minimum Gasteiger partial charge on any atom is -0.477 e. The Morgan fingerprint density at radius 2 is 1.77 bits per heavy atom. The average molecular weight is 428 g/mol. The van der Waals surface area contributed by atoms with Crippen LogP contribution in [0, 0.1) is 11.8 Å². The maximum Gasteiger partial charge on any atom is 0.262 e. The van der Waals surface area contributed by atoms with Crippen LogP contribution in [0.5, 0.6) is 5.75 Å². The molecule has 2 fully saturated rings. The topological polar surface area (TPSA) is 96.0 Å². The lowest BCUT2D eigenvalue weighted by atomic mass is 9.81. The van der Waals surface area contributed by atoms with E-state index < -0.39 is 6.10 Å². The number of benzene rings is 1. The van der Waals surface area contributed by atoms with Gasteiger partial charge in [-0.25, -0.2) is 0 Å². The Balaban J connectivity index is 1.45. The molecular weight excluding hydrogens is 398 g/mol. The fraction of sp³-hybridized carbons (Fsp3) is 0.565. The van der Waals surface area contributed by atoms with Crippen molar-refractivity contribution in [1.82, 2.24) is 10.2 Å². The minimum atomic E-state index is -0.802. The lowest BCUT2D eigenvalue weighted by Gasteiger charge is -2.34. The van der Waals surface area contributed by atoms with Crippen molar-refractivity contribution < 1.29 is 23.9 Å². The third kappa shape index (κ3) is 4.16. The summed E-state index contributed by atoms with van der Waals surface area (Å²) in [5.41, 5.74) is 0.597. The molecule has 0 unspecified atom stereocenters. The maximum absolute atomic E-state index is 13.1. The molecule has 4 amide bonds. The number of anilines is 1. The van der Waals surface area contributed by atoms with E-state index in [4.69, 9.17) is 4.74 Å². The molecule has 1 saturated heterocycles. The number of imide groups is 1. The molecule has 2 heterocycles. The van der Waals surface area contributed by atoms with E-state index in [1.165, 1.54) is 9.80 Å². The lowest BCUT2D eigenvalue weighted by Crippen LogP contribution is -2.51. The minimum absolute atomic E-state index is 0.0224. The Kier molecular flexibility index (Phi) is 6.25. The summed E-state index contributed by atoms with van der Waals surface area (Å²) in [5.74, 6) is -0.733. The summed E-state index contributed by atoms with van der Waals surface area (Å²) in [7, 11) is 0. The van der Waals surface area contributed by atoms with Crippen molar-refractivity contribution in [2.75, 3.05) is 24.5 Å². The van der Waals surface area contributed by atoms with Crippen LogP contribution in [0.4, 0.5) is 5.69 Å². The van der Waals surface area contributed by atoms with Crippen LogP contribution in [-0.4, -0.2) is 54.3 Å². The SMILES string of the molecule is CCCNC(=O)[C@@H]1CN(C(=O)CCN2C(=O)[C@H]3CCCC[C@H]3C2=O)c2ccccc2O1. The van der Waals surface area contributed by atoms with E-state index in [0.717, 1.165) is 32.1 Å². The maximum atomic E-state index is 13.1. The summed E-state index contributed by atoms with van der Waals surface area (Å²) in [6, 6.07) is 7.09. The number of para-hydroxylation sites is 2. The van der Waals surface area contributed by atoms with Crippen molar-refractivity contribution in [2.24, 2.45) is 11.8 Å². The van der Waals surface area contributed by atoms with Gasteiger partial charge in [-0.15, -0.1) is 0 Å². The molecule has 4 rings (SSSR count). The van der Waals surface area contributed by atoms with Gasteiger partial charge in [-0.2, -0.15) is 0 Å². The summed E-state index contributed by atoms with van der Waals surface area (Å²) in [6.07, 6.45) is 3.48. The van der Waals surface area contributed by atoms with Gasteiger partial charge in [-0.3, -0.25) is 24.1 Å². The van der Waals surface area contributed by atoms with E-state index in [9.17, 15) is 19.2 Å². The van der Waals surface area contributed by atoms with Crippen LogP contribution in [-0.2, 0) is 19.2 Å². The molecule has 8 heteroatoms. The zero-order chi connectivity index (χ0) is 22.0. The van der Waals surface area contributed by atoms with Gasteiger partial charge < -0.3 is 15.0 Å². The van der Waals surface area contributed by atoms with Gasteiger partial charge in [0.15, 0.2) is 6.10 Å². The Bertz CT molecular complexity index is 862. The van der Waals surface area contributed by atoms with Crippen LogP contribution >= 0.6 is 0 Å². The second-order valence-electron chi connectivity index (χ2n) is 8.45. The molecule has 1 saturated carbocycles. The van der Waals surface area contributed by atoms with E-state index in [2.05, 4.69) is 5.32 Å². The number of amides is 4. The molecule has 0 bridgehead atoms. The zero-order valence-corrected chi connectivity index (χ0v) is 17.8. The van der Waals surface area contributed by atoms with E-state index in [1.54, 1.807) is 24.3 Å². The first-order chi connectivity index (χ1) is 15.0. The van der Waals surface area contributed by atoms with E-state index in [1.807, 2.05) is 6.92 Å². The molecule has 31 heavy (non-hydrogen) atoms. The highest BCUT2D eigenvalue weighted by Gasteiger charge is 2.48. The predicted octanol–water partition coefficient (Wildman–Crippen LogP) is 1.87. The van der Waals surface area contributed by atoms with Crippen LogP contribution < -0.4 is 15.0 Å². The summed E-state index contributed by atoms with van der Waals surface area (Å²) in [6.45, 7) is 2.67. The molecule has 0 spiro atoms. The van der Waals surface area contributed by atoms with Crippen LogP contribution in [0.25, 0.3) is 0 Å². The largest absolute Gasteiger partial charge is 0.477 e. The number of hydrogen-bond donors (Lipinski definition) is 1. The first-order valence-corrected chi connectivity index (χ1v) is 11.2. The molecule has 1 aromatic rings. The normalized spacial score (nSPS) is 25.0. The first-order valence-electron chi connectivity index (χ1n) is 11.2. The molecule has 8 nitrogen and oxygen atoms in total. The van der Waals surface area contributed by atoms with Gasteiger partial charge in [-0.1, -0.05) is 31.9 Å². The van der Waals surface area contributed by atoms with Gasteiger partial charge >= 0.3 is 0 Å². The monoisotopic (exact) mass is 427 g/mol. The van der Waals surface area contributed by atoms with Crippen molar-refractivity contribution in [3.63, 3.8) is 0 Å². The molecule has 2 aliphatic heterocycles. The lowest BCUT2D eigenvalue weighted by molar-refractivity contribution is -0.140. The van der Waals surface area contributed by atoms with Gasteiger partial charge in [0, 0.05) is 19.5 Å². The fourth-order valence-electron chi connectivity index (χ4n) is 4.76. The van der Waals surface area contributed by atoms with Gasteiger partial charge in [0.25, 0.3) is 5.91 Å². The van der Waals surface area contributed by atoms with Crippen molar-refractivity contribution >= 4 is 29.3 Å². The molecule has 3 atom stereocenters. The highest BCUT2D eigenvalue weighted by Crippen LogP contribution is 2.38. The van der Waals surface area contributed by atoms with Gasteiger partial charge in [0.1, 0.15) is 5.75 Å². The van der Waals surface area contributed by atoms with Crippen LogP contribution in [0.3, 0.4) is 0 Å². The Hall–Kier alpha value is -2.90. The third-order valence-corrected chi connectivity index (χ3v) is 6.40. The number of carbonyl (C=O) groups is 4. The Morgan fingerprint density at radius 3 is 2.45 bits per heavy atom. The number of hydrogen-bond acceptors (Lipinski definition) is 5. The first kappa shape index (κ1) is 21.3. The number of carbonyl (C=O) groups excluding carboxylic acids is 4. The number of likely N-dealkylation sites (tertiary alicyclic amines) is 1. The highest BCUT2D eigenvalue weighted by atomic mass is 16.5. The molecule has 3 aliphatic rings. The summed E-state index contributed by atoms with van der Waals surface area (Å²) in [4.78, 5) is 53.8. The predicted molar refractivity (Wildman–Crippen MR) is 113 cm³/mol. The van der Waals surface area contributed by atoms with Crippen LogP contribution in [0.2, 0.25) is 0 Å². The number of rotatable bonds is 6. The number of ether oxygens (including phenoxy) is 1. The molecule has 1 N–H and O–H groups in total. The van der Waals surface area contributed by atoms with Crippen molar-refractivity contribution in [2.45, 2.75) is 51.6 Å². The van der Waals surface area contributed by atoms with Crippen molar-refractivity contribution in [3.8, 4) is 5.75 Å². The fourth-order valence-corrected chi connectivity index (χ4v) is 4.76. The molecule has 166 valence electrons. The second kappa shape index (κ2) is 9.08.